The Morgan fingerprint density at radius 3 is 2.32 bits per heavy atom. The lowest BCUT2D eigenvalue weighted by molar-refractivity contribution is 0.545. The van der Waals surface area contributed by atoms with Gasteiger partial charge < -0.3 is 0 Å². The van der Waals surface area contributed by atoms with Crippen molar-refractivity contribution in [3.63, 3.8) is 0 Å². The zero-order valence-electron chi connectivity index (χ0n) is 10.1. The predicted octanol–water partition coefficient (Wildman–Crippen LogP) is 4.60. The SMILES string of the molecule is CC(CCCBr)NS(=O)(=O)c1c(Cl)cc(Br)cc1Cl. The lowest BCUT2D eigenvalue weighted by Gasteiger charge is -2.15. The summed E-state index contributed by atoms with van der Waals surface area (Å²) in [5.41, 5.74) is 0. The van der Waals surface area contributed by atoms with Crippen LogP contribution < -0.4 is 4.72 Å². The molecule has 1 aromatic carbocycles. The molecular formula is C11H13Br2Cl2NO2S. The molecule has 1 aromatic rings. The fourth-order valence-corrected chi connectivity index (χ4v) is 5.09. The van der Waals surface area contributed by atoms with Gasteiger partial charge in [0.1, 0.15) is 4.90 Å². The van der Waals surface area contributed by atoms with E-state index in [2.05, 4.69) is 36.6 Å². The van der Waals surface area contributed by atoms with E-state index in [-0.39, 0.29) is 21.0 Å². The molecule has 0 aliphatic carbocycles. The first-order chi connectivity index (χ1) is 8.77. The maximum Gasteiger partial charge on any atom is 0.243 e. The van der Waals surface area contributed by atoms with E-state index in [0.717, 1.165) is 18.2 Å². The highest BCUT2D eigenvalue weighted by Crippen LogP contribution is 2.32. The van der Waals surface area contributed by atoms with Crippen LogP contribution in [0.4, 0.5) is 0 Å². The van der Waals surface area contributed by atoms with E-state index < -0.39 is 10.0 Å². The zero-order valence-corrected chi connectivity index (χ0v) is 15.6. The molecule has 0 fully saturated rings. The molecule has 0 saturated heterocycles. The van der Waals surface area contributed by atoms with Crippen LogP contribution in [0, 0.1) is 0 Å². The number of halogens is 4. The molecule has 0 aromatic heterocycles. The summed E-state index contributed by atoms with van der Waals surface area (Å²) in [5.74, 6) is 0. The van der Waals surface area contributed by atoms with Crippen molar-refractivity contribution in [3.05, 3.63) is 26.7 Å². The molecule has 1 unspecified atom stereocenters. The van der Waals surface area contributed by atoms with Gasteiger partial charge in [0.05, 0.1) is 10.0 Å². The number of alkyl halides is 1. The lowest BCUT2D eigenvalue weighted by atomic mass is 10.2. The summed E-state index contributed by atoms with van der Waals surface area (Å²) in [7, 11) is -3.72. The van der Waals surface area contributed by atoms with E-state index in [1.165, 1.54) is 12.1 Å². The minimum Gasteiger partial charge on any atom is -0.208 e. The first-order valence-corrected chi connectivity index (χ1v) is 9.66. The fraction of sp³-hybridized carbons (Fsp3) is 0.455. The molecule has 0 bridgehead atoms. The van der Waals surface area contributed by atoms with Crippen LogP contribution in [0.25, 0.3) is 0 Å². The van der Waals surface area contributed by atoms with Gasteiger partial charge in [0, 0.05) is 15.8 Å². The Hall–Kier alpha value is 0.670. The Labute approximate surface area is 140 Å². The second kappa shape index (κ2) is 7.61. The zero-order chi connectivity index (χ0) is 14.6. The Kier molecular flexibility index (Phi) is 7.10. The van der Waals surface area contributed by atoms with Crippen molar-refractivity contribution < 1.29 is 8.42 Å². The Bertz CT molecular complexity index is 529. The highest BCUT2D eigenvalue weighted by Gasteiger charge is 2.24. The third kappa shape index (κ3) is 5.17. The number of sulfonamides is 1. The molecule has 8 heteroatoms. The maximum absolute atomic E-state index is 12.3. The highest BCUT2D eigenvalue weighted by atomic mass is 79.9. The van der Waals surface area contributed by atoms with E-state index in [0.29, 0.717) is 4.47 Å². The van der Waals surface area contributed by atoms with Gasteiger partial charge in [0.15, 0.2) is 0 Å². The first-order valence-electron chi connectivity index (χ1n) is 5.50. The third-order valence-corrected chi connectivity index (χ3v) is 5.89. The predicted molar refractivity (Wildman–Crippen MR) is 87.0 cm³/mol. The van der Waals surface area contributed by atoms with E-state index in [9.17, 15) is 8.42 Å². The summed E-state index contributed by atoms with van der Waals surface area (Å²) < 4.78 is 27.7. The molecular weight excluding hydrogens is 441 g/mol. The second-order valence-electron chi connectivity index (χ2n) is 4.05. The molecule has 0 spiro atoms. The van der Waals surface area contributed by atoms with Crippen LogP contribution in [0.15, 0.2) is 21.5 Å². The van der Waals surface area contributed by atoms with Crippen molar-refractivity contribution in [1.82, 2.24) is 4.72 Å². The quantitative estimate of drug-likeness (QED) is 0.640. The molecule has 19 heavy (non-hydrogen) atoms. The molecule has 1 rings (SSSR count). The molecule has 0 heterocycles. The molecule has 0 amide bonds. The summed E-state index contributed by atoms with van der Waals surface area (Å²) >= 11 is 18.5. The third-order valence-electron chi connectivity index (χ3n) is 2.36. The van der Waals surface area contributed by atoms with Crippen LogP contribution in [0.2, 0.25) is 10.0 Å². The summed E-state index contributed by atoms with van der Waals surface area (Å²) in [4.78, 5) is -0.0790. The van der Waals surface area contributed by atoms with Gasteiger partial charge in [-0.3, -0.25) is 0 Å². The minimum absolute atomic E-state index is 0.0790. The van der Waals surface area contributed by atoms with Crippen molar-refractivity contribution in [2.24, 2.45) is 0 Å². The summed E-state index contributed by atoms with van der Waals surface area (Å²) in [6, 6.07) is 2.83. The Balaban J connectivity index is 3.01. The van der Waals surface area contributed by atoms with Crippen LogP contribution >= 0.6 is 55.1 Å². The smallest absolute Gasteiger partial charge is 0.208 e. The molecule has 0 aliphatic heterocycles. The van der Waals surface area contributed by atoms with Gasteiger partial charge in [-0.2, -0.15) is 0 Å². The van der Waals surface area contributed by atoms with Gasteiger partial charge in [0.2, 0.25) is 10.0 Å². The van der Waals surface area contributed by atoms with Crippen LogP contribution in [-0.2, 0) is 10.0 Å². The average Bonchev–Trinajstić information content (AvgIpc) is 2.23. The van der Waals surface area contributed by atoms with Gasteiger partial charge in [-0.25, -0.2) is 13.1 Å². The standard InChI is InChI=1S/C11H13Br2Cl2NO2S/c1-7(3-2-4-12)16-19(17,18)11-9(14)5-8(13)6-10(11)15/h5-7,16H,2-4H2,1H3. The highest BCUT2D eigenvalue weighted by molar-refractivity contribution is 9.10. The van der Waals surface area contributed by atoms with Gasteiger partial charge in [-0.1, -0.05) is 55.1 Å². The number of rotatable bonds is 6. The van der Waals surface area contributed by atoms with Crippen molar-refractivity contribution in [2.45, 2.75) is 30.7 Å². The minimum atomic E-state index is -3.72. The van der Waals surface area contributed by atoms with Gasteiger partial charge >= 0.3 is 0 Å². The maximum atomic E-state index is 12.3. The van der Waals surface area contributed by atoms with Crippen LogP contribution in [0.5, 0.6) is 0 Å². The van der Waals surface area contributed by atoms with Gasteiger partial charge in [-0.15, -0.1) is 0 Å². The number of benzene rings is 1. The Morgan fingerprint density at radius 1 is 1.32 bits per heavy atom. The van der Waals surface area contributed by atoms with Crippen molar-refractivity contribution in [1.29, 1.82) is 0 Å². The summed E-state index contributed by atoms with van der Waals surface area (Å²) in [6.45, 7) is 1.81. The van der Waals surface area contributed by atoms with Crippen molar-refractivity contribution >= 4 is 65.1 Å². The van der Waals surface area contributed by atoms with Crippen molar-refractivity contribution in [3.8, 4) is 0 Å². The first kappa shape index (κ1) is 17.7. The molecule has 3 nitrogen and oxygen atoms in total. The van der Waals surface area contributed by atoms with E-state index >= 15 is 0 Å². The van der Waals surface area contributed by atoms with Crippen molar-refractivity contribution in [2.75, 3.05) is 5.33 Å². The number of hydrogen-bond acceptors (Lipinski definition) is 2. The topological polar surface area (TPSA) is 46.2 Å². The van der Waals surface area contributed by atoms with Gasteiger partial charge in [-0.05, 0) is 31.9 Å². The molecule has 108 valence electrons. The van der Waals surface area contributed by atoms with E-state index in [1.54, 1.807) is 6.92 Å². The average molecular weight is 454 g/mol. The number of nitrogens with one attached hydrogen (secondary N) is 1. The van der Waals surface area contributed by atoms with Crippen LogP contribution in [0.1, 0.15) is 19.8 Å². The molecule has 0 radical (unpaired) electrons. The second-order valence-corrected chi connectivity index (χ2v) is 8.23. The van der Waals surface area contributed by atoms with E-state index in [1.807, 2.05) is 0 Å². The lowest BCUT2D eigenvalue weighted by Crippen LogP contribution is -2.33. The van der Waals surface area contributed by atoms with Gasteiger partial charge in [0.25, 0.3) is 0 Å². The molecule has 1 N–H and O–H groups in total. The largest absolute Gasteiger partial charge is 0.243 e. The normalized spacial score (nSPS) is 13.5. The number of hydrogen-bond donors (Lipinski definition) is 1. The van der Waals surface area contributed by atoms with Crippen LogP contribution in [0.3, 0.4) is 0 Å². The molecule has 0 aliphatic rings. The Morgan fingerprint density at radius 2 is 1.84 bits per heavy atom. The summed E-state index contributed by atoms with van der Waals surface area (Å²) in [5, 5.41) is 1.03. The monoisotopic (exact) mass is 451 g/mol. The van der Waals surface area contributed by atoms with E-state index in [4.69, 9.17) is 23.2 Å². The summed E-state index contributed by atoms with van der Waals surface area (Å²) in [6.07, 6.45) is 1.61. The fourth-order valence-electron chi connectivity index (χ4n) is 1.55. The van der Waals surface area contributed by atoms with Crippen LogP contribution in [-0.4, -0.2) is 19.8 Å². The molecule has 1 atom stereocenters. The molecule has 0 saturated carbocycles.